The molecule has 28 heavy (non-hydrogen) atoms. The van der Waals surface area contributed by atoms with Gasteiger partial charge in [0.1, 0.15) is 5.75 Å². The van der Waals surface area contributed by atoms with E-state index < -0.39 is 6.03 Å². The summed E-state index contributed by atoms with van der Waals surface area (Å²) < 4.78 is 5.40. The summed E-state index contributed by atoms with van der Waals surface area (Å²) in [5.74, 6) is 0.195. The molecule has 1 atom stereocenters. The number of nitrogens with zero attached hydrogens (tertiary/aromatic N) is 1. The molecule has 4 amide bonds. The molecule has 1 saturated heterocycles. The number of rotatable bonds is 6. The molecule has 1 fully saturated rings. The van der Waals surface area contributed by atoms with E-state index in [4.69, 9.17) is 4.74 Å². The maximum atomic E-state index is 12.7. The Bertz CT molecular complexity index is 910. The van der Waals surface area contributed by atoms with Crippen molar-refractivity contribution in [3.8, 4) is 5.75 Å². The number of benzene rings is 2. The first-order valence-electron chi connectivity index (χ1n) is 9.01. The fraction of sp³-hybridized carbons (Fsp3) is 0.286. The normalized spacial score (nSPS) is 14.6. The number of nitrogens with one attached hydrogen (secondary N) is 2. The van der Waals surface area contributed by atoms with Crippen molar-refractivity contribution >= 4 is 17.8 Å². The Kier molecular flexibility index (Phi) is 5.63. The Morgan fingerprint density at radius 2 is 2.04 bits per heavy atom. The first-order valence-corrected chi connectivity index (χ1v) is 9.01. The van der Waals surface area contributed by atoms with Crippen molar-refractivity contribution in [3.05, 3.63) is 64.7 Å². The van der Waals surface area contributed by atoms with Crippen LogP contribution in [0.5, 0.6) is 5.75 Å². The lowest BCUT2D eigenvalue weighted by Gasteiger charge is -2.18. The molecular formula is C21H23N3O4. The lowest BCUT2D eigenvalue weighted by Crippen LogP contribution is -2.30. The second kappa shape index (κ2) is 8.12. The van der Waals surface area contributed by atoms with Crippen LogP contribution in [0, 0.1) is 6.92 Å². The van der Waals surface area contributed by atoms with Crippen molar-refractivity contribution in [3.63, 3.8) is 0 Å². The zero-order chi connectivity index (χ0) is 20.3. The third-order valence-corrected chi connectivity index (χ3v) is 4.67. The molecule has 0 bridgehead atoms. The molecule has 0 aromatic heterocycles. The number of hydrogen-bond donors (Lipinski definition) is 2. The molecule has 0 spiro atoms. The molecule has 0 saturated carbocycles. The van der Waals surface area contributed by atoms with E-state index in [0.29, 0.717) is 16.9 Å². The van der Waals surface area contributed by atoms with E-state index in [0.717, 1.165) is 16.0 Å². The third kappa shape index (κ3) is 4.14. The number of imide groups is 1. The van der Waals surface area contributed by atoms with Crippen LogP contribution in [0.3, 0.4) is 0 Å². The SMILES string of the molecule is COc1ccc(C)cc1[C@H](C)NC(=O)c1cccc(CN2C(=O)CNC2=O)c1. The predicted molar refractivity (Wildman–Crippen MR) is 104 cm³/mol. The Hall–Kier alpha value is -3.35. The van der Waals surface area contributed by atoms with Gasteiger partial charge in [-0.1, -0.05) is 29.8 Å². The van der Waals surface area contributed by atoms with Crippen LogP contribution in [0.15, 0.2) is 42.5 Å². The summed E-state index contributed by atoms with van der Waals surface area (Å²) in [6, 6.07) is 12.1. The number of methoxy groups -OCH3 is 1. The number of ether oxygens (including phenoxy) is 1. The maximum absolute atomic E-state index is 12.7. The molecule has 7 nitrogen and oxygen atoms in total. The minimum atomic E-state index is -0.417. The van der Waals surface area contributed by atoms with Crippen molar-refractivity contribution in [1.82, 2.24) is 15.5 Å². The minimum Gasteiger partial charge on any atom is -0.496 e. The topological polar surface area (TPSA) is 87.7 Å². The van der Waals surface area contributed by atoms with E-state index in [-0.39, 0.29) is 30.9 Å². The quantitative estimate of drug-likeness (QED) is 0.753. The van der Waals surface area contributed by atoms with Gasteiger partial charge >= 0.3 is 6.03 Å². The summed E-state index contributed by atoms with van der Waals surface area (Å²) in [4.78, 5) is 37.3. The second-order valence-electron chi connectivity index (χ2n) is 6.78. The average Bonchev–Trinajstić information content (AvgIpc) is 3.00. The number of aryl methyl sites for hydroxylation is 1. The van der Waals surface area contributed by atoms with Gasteiger partial charge in [-0.15, -0.1) is 0 Å². The molecule has 0 unspecified atom stereocenters. The molecule has 2 aromatic carbocycles. The highest BCUT2D eigenvalue weighted by atomic mass is 16.5. The fourth-order valence-corrected chi connectivity index (χ4v) is 3.16. The number of carbonyl (C=O) groups is 3. The average molecular weight is 381 g/mol. The van der Waals surface area contributed by atoms with E-state index >= 15 is 0 Å². The monoisotopic (exact) mass is 381 g/mol. The van der Waals surface area contributed by atoms with Crippen molar-refractivity contribution in [2.45, 2.75) is 26.4 Å². The van der Waals surface area contributed by atoms with Gasteiger partial charge < -0.3 is 15.4 Å². The van der Waals surface area contributed by atoms with E-state index in [9.17, 15) is 14.4 Å². The lowest BCUT2D eigenvalue weighted by molar-refractivity contribution is -0.125. The van der Waals surface area contributed by atoms with Crippen molar-refractivity contribution in [2.75, 3.05) is 13.7 Å². The van der Waals surface area contributed by atoms with Gasteiger partial charge in [0.05, 0.1) is 26.2 Å². The van der Waals surface area contributed by atoms with Gasteiger partial charge in [0.15, 0.2) is 0 Å². The molecule has 2 aromatic rings. The van der Waals surface area contributed by atoms with Crippen molar-refractivity contribution in [2.24, 2.45) is 0 Å². The first kappa shape index (κ1) is 19.4. The molecule has 3 rings (SSSR count). The van der Waals surface area contributed by atoms with Gasteiger partial charge in [-0.05, 0) is 37.6 Å². The van der Waals surface area contributed by atoms with Crippen molar-refractivity contribution in [1.29, 1.82) is 0 Å². The summed E-state index contributed by atoms with van der Waals surface area (Å²) in [6.45, 7) is 4.02. The van der Waals surface area contributed by atoms with E-state index in [1.165, 1.54) is 0 Å². The van der Waals surface area contributed by atoms with Gasteiger partial charge in [0.2, 0.25) is 5.91 Å². The van der Waals surface area contributed by atoms with Gasteiger partial charge in [-0.25, -0.2) is 4.79 Å². The molecule has 7 heteroatoms. The summed E-state index contributed by atoms with van der Waals surface area (Å²) in [5, 5.41) is 5.46. The Morgan fingerprint density at radius 1 is 1.25 bits per heavy atom. The number of urea groups is 1. The largest absolute Gasteiger partial charge is 0.496 e. The number of carbonyl (C=O) groups excluding carboxylic acids is 3. The molecule has 1 heterocycles. The Labute approximate surface area is 163 Å². The van der Waals surface area contributed by atoms with Crippen LogP contribution in [0.2, 0.25) is 0 Å². The molecule has 0 radical (unpaired) electrons. The van der Waals surface area contributed by atoms with Crippen LogP contribution in [0.25, 0.3) is 0 Å². The second-order valence-corrected chi connectivity index (χ2v) is 6.78. The van der Waals surface area contributed by atoms with Crippen LogP contribution in [0.1, 0.15) is 40.0 Å². The van der Waals surface area contributed by atoms with Crippen LogP contribution in [-0.4, -0.2) is 36.4 Å². The molecule has 146 valence electrons. The maximum Gasteiger partial charge on any atom is 0.324 e. The summed E-state index contributed by atoms with van der Waals surface area (Å²) in [7, 11) is 1.60. The summed E-state index contributed by atoms with van der Waals surface area (Å²) in [6.07, 6.45) is 0. The van der Waals surface area contributed by atoms with Gasteiger partial charge in [0, 0.05) is 11.1 Å². The van der Waals surface area contributed by atoms with Gasteiger partial charge in [-0.3, -0.25) is 14.5 Å². The van der Waals surface area contributed by atoms with Crippen LogP contribution in [-0.2, 0) is 11.3 Å². The molecule has 1 aliphatic heterocycles. The first-order chi connectivity index (χ1) is 13.4. The highest BCUT2D eigenvalue weighted by molar-refractivity contribution is 6.02. The Morgan fingerprint density at radius 3 is 2.71 bits per heavy atom. The number of hydrogen-bond acceptors (Lipinski definition) is 4. The molecule has 1 aliphatic rings. The van der Waals surface area contributed by atoms with E-state index in [1.807, 2.05) is 32.0 Å². The lowest BCUT2D eigenvalue weighted by atomic mass is 10.0. The van der Waals surface area contributed by atoms with E-state index in [1.54, 1.807) is 31.4 Å². The Balaban J connectivity index is 1.73. The van der Waals surface area contributed by atoms with Gasteiger partial charge in [0.25, 0.3) is 5.91 Å². The standard InChI is InChI=1S/C21H23N3O4/c1-13-7-8-18(28-3)17(9-13)14(2)23-20(26)16-6-4-5-15(10-16)12-24-19(25)11-22-21(24)27/h4-10,14H,11-12H2,1-3H3,(H,22,27)(H,23,26)/t14-/m0/s1. The van der Waals surface area contributed by atoms with Gasteiger partial charge in [-0.2, -0.15) is 0 Å². The van der Waals surface area contributed by atoms with Crippen LogP contribution < -0.4 is 15.4 Å². The molecule has 0 aliphatic carbocycles. The minimum absolute atomic E-state index is 0.00878. The zero-order valence-electron chi connectivity index (χ0n) is 16.1. The highest BCUT2D eigenvalue weighted by Crippen LogP contribution is 2.26. The van der Waals surface area contributed by atoms with Crippen LogP contribution >= 0.6 is 0 Å². The van der Waals surface area contributed by atoms with Crippen LogP contribution in [0.4, 0.5) is 4.79 Å². The number of amides is 4. The molecular weight excluding hydrogens is 358 g/mol. The third-order valence-electron chi connectivity index (χ3n) is 4.67. The zero-order valence-corrected chi connectivity index (χ0v) is 16.1. The molecule has 2 N–H and O–H groups in total. The van der Waals surface area contributed by atoms with Crippen molar-refractivity contribution < 1.29 is 19.1 Å². The smallest absolute Gasteiger partial charge is 0.324 e. The highest BCUT2D eigenvalue weighted by Gasteiger charge is 2.28. The van der Waals surface area contributed by atoms with E-state index in [2.05, 4.69) is 10.6 Å². The summed E-state index contributed by atoms with van der Waals surface area (Å²) in [5.41, 5.74) is 3.14. The predicted octanol–water partition coefficient (Wildman–Crippen LogP) is 2.55. The fourth-order valence-electron chi connectivity index (χ4n) is 3.16. The summed E-state index contributed by atoms with van der Waals surface area (Å²) >= 11 is 0.